The zero-order chi connectivity index (χ0) is 26.6. The van der Waals surface area contributed by atoms with Gasteiger partial charge >= 0.3 is 5.97 Å². The normalized spacial score (nSPS) is 12.6. The van der Waals surface area contributed by atoms with Gasteiger partial charge in [0.15, 0.2) is 0 Å². The van der Waals surface area contributed by atoms with Crippen molar-refractivity contribution in [3.05, 3.63) is 70.1 Å². The van der Waals surface area contributed by atoms with Crippen molar-refractivity contribution in [2.45, 2.75) is 44.9 Å². The highest BCUT2D eigenvalue weighted by atomic mass is 32.2. The Kier molecular flexibility index (Phi) is 8.19. The average molecular weight is 543 g/mol. The van der Waals surface area contributed by atoms with E-state index < -0.39 is 28.4 Å². The number of fused-ring (bicyclic) bond motifs is 1. The van der Waals surface area contributed by atoms with Crippen LogP contribution in [-0.4, -0.2) is 40.1 Å². The summed E-state index contributed by atoms with van der Waals surface area (Å²) in [6.07, 6.45) is 2.53. The molecule has 0 bridgehead atoms. The minimum atomic E-state index is -4.07. The van der Waals surface area contributed by atoms with Crippen LogP contribution in [0, 0.1) is 6.92 Å². The van der Waals surface area contributed by atoms with Crippen LogP contribution >= 0.6 is 11.3 Å². The minimum Gasteiger partial charge on any atom is -0.494 e. The third-order valence-electron chi connectivity index (χ3n) is 5.99. The standard InChI is InChI=1S/C27H30N2O6S2/c1-4-34-20-13-11-19(12-14-20)29(37(32,33)21-15-9-18(3)10-16-21)17-24(30)28-26-25(27(31)35-5-2)22-7-6-8-23(22)36-26/h9-16H,4-8,17H2,1-3H3,(H,28,30). The maximum absolute atomic E-state index is 13.7. The number of aryl methyl sites for hydroxylation is 2. The van der Waals surface area contributed by atoms with Gasteiger partial charge in [0.2, 0.25) is 5.91 Å². The summed E-state index contributed by atoms with van der Waals surface area (Å²) < 4.78 is 39.1. The first-order valence-corrected chi connectivity index (χ1v) is 14.4. The molecule has 0 saturated heterocycles. The molecular formula is C27H30N2O6S2. The second kappa shape index (κ2) is 11.4. The molecular weight excluding hydrogens is 512 g/mol. The van der Waals surface area contributed by atoms with E-state index in [1.54, 1.807) is 43.3 Å². The first-order valence-electron chi connectivity index (χ1n) is 12.2. The van der Waals surface area contributed by atoms with Gasteiger partial charge in [0.25, 0.3) is 10.0 Å². The van der Waals surface area contributed by atoms with E-state index in [2.05, 4.69) is 5.32 Å². The molecule has 4 rings (SSSR count). The number of thiophene rings is 1. The lowest BCUT2D eigenvalue weighted by atomic mass is 10.1. The minimum absolute atomic E-state index is 0.0714. The van der Waals surface area contributed by atoms with Crippen LogP contribution in [-0.2, 0) is 32.4 Å². The predicted molar refractivity (Wildman–Crippen MR) is 144 cm³/mol. The molecule has 0 aliphatic heterocycles. The number of anilines is 2. The van der Waals surface area contributed by atoms with E-state index in [0.29, 0.717) is 28.6 Å². The molecule has 37 heavy (non-hydrogen) atoms. The van der Waals surface area contributed by atoms with E-state index >= 15 is 0 Å². The van der Waals surface area contributed by atoms with Crippen LogP contribution in [0.3, 0.4) is 0 Å². The van der Waals surface area contributed by atoms with Gasteiger partial charge in [0.1, 0.15) is 17.3 Å². The first-order chi connectivity index (χ1) is 17.7. The molecule has 0 atom stereocenters. The maximum Gasteiger partial charge on any atom is 0.341 e. The van der Waals surface area contributed by atoms with Crippen LogP contribution in [0.15, 0.2) is 53.4 Å². The van der Waals surface area contributed by atoms with Crippen LogP contribution in [0.4, 0.5) is 10.7 Å². The monoisotopic (exact) mass is 542 g/mol. The Morgan fingerprint density at radius 1 is 1.00 bits per heavy atom. The van der Waals surface area contributed by atoms with Crippen molar-refractivity contribution in [3.8, 4) is 5.75 Å². The molecule has 1 heterocycles. The number of rotatable bonds is 10. The van der Waals surface area contributed by atoms with Crippen LogP contribution < -0.4 is 14.4 Å². The Labute approximate surface area is 221 Å². The fourth-order valence-corrected chi connectivity index (χ4v) is 6.95. The van der Waals surface area contributed by atoms with Gasteiger partial charge in [-0.1, -0.05) is 17.7 Å². The van der Waals surface area contributed by atoms with Crippen molar-refractivity contribution in [3.63, 3.8) is 0 Å². The summed E-state index contributed by atoms with van der Waals surface area (Å²) in [5, 5.41) is 3.19. The Morgan fingerprint density at radius 3 is 2.35 bits per heavy atom. The molecule has 0 fully saturated rings. The number of nitrogens with one attached hydrogen (secondary N) is 1. The third-order valence-corrected chi connectivity index (χ3v) is 8.98. The number of ether oxygens (including phenoxy) is 2. The van der Waals surface area contributed by atoms with Crippen LogP contribution in [0.25, 0.3) is 0 Å². The van der Waals surface area contributed by atoms with E-state index in [-0.39, 0.29) is 11.5 Å². The molecule has 1 N–H and O–H groups in total. The Bertz CT molecular complexity index is 1380. The SMILES string of the molecule is CCOC(=O)c1c(NC(=O)CN(c2ccc(OCC)cc2)S(=O)(=O)c2ccc(C)cc2)sc2c1CCC2. The lowest BCUT2D eigenvalue weighted by Gasteiger charge is -2.24. The molecule has 8 nitrogen and oxygen atoms in total. The number of benzene rings is 2. The molecule has 0 saturated carbocycles. The van der Waals surface area contributed by atoms with E-state index in [4.69, 9.17) is 9.47 Å². The van der Waals surface area contributed by atoms with E-state index in [0.717, 1.165) is 39.6 Å². The summed E-state index contributed by atoms with van der Waals surface area (Å²) in [6, 6.07) is 13.0. The molecule has 1 aliphatic carbocycles. The quantitative estimate of drug-likeness (QED) is 0.364. The molecule has 0 spiro atoms. The van der Waals surface area contributed by atoms with Crippen molar-refractivity contribution in [1.29, 1.82) is 0 Å². The summed E-state index contributed by atoms with van der Waals surface area (Å²) in [4.78, 5) is 27.1. The van der Waals surface area contributed by atoms with Gasteiger partial charge in [-0.3, -0.25) is 9.10 Å². The number of hydrogen-bond acceptors (Lipinski definition) is 7. The Balaban J connectivity index is 1.65. The van der Waals surface area contributed by atoms with Crippen molar-refractivity contribution < 1.29 is 27.5 Å². The number of esters is 1. The molecule has 10 heteroatoms. The molecule has 196 valence electrons. The molecule has 1 aliphatic rings. The first kappa shape index (κ1) is 26.7. The molecule has 1 amide bonds. The molecule has 2 aromatic carbocycles. The third kappa shape index (κ3) is 5.80. The summed E-state index contributed by atoms with van der Waals surface area (Å²) >= 11 is 1.35. The number of carbonyl (C=O) groups is 2. The van der Waals surface area contributed by atoms with Crippen molar-refractivity contribution >= 4 is 43.9 Å². The van der Waals surface area contributed by atoms with Crippen molar-refractivity contribution in [2.24, 2.45) is 0 Å². The average Bonchev–Trinajstić information content (AvgIpc) is 3.44. The highest BCUT2D eigenvalue weighted by molar-refractivity contribution is 7.92. The summed E-state index contributed by atoms with van der Waals surface area (Å²) in [6.45, 7) is 5.67. The second-order valence-corrected chi connectivity index (χ2v) is 11.5. The molecule has 0 unspecified atom stereocenters. The van der Waals surface area contributed by atoms with Crippen molar-refractivity contribution in [2.75, 3.05) is 29.4 Å². The number of hydrogen-bond donors (Lipinski definition) is 1. The highest BCUT2D eigenvalue weighted by Crippen LogP contribution is 2.39. The van der Waals surface area contributed by atoms with E-state index in [1.807, 2.05) is 13.8 Å². The lowest BCUT2D eigenvalue weighted by molar-refractivity contribution is -0.114. The number of amides is 1. The van der Waals surface area contributed by atoms with Gasteiger partial charge in [-0.05, 0) is 82.0 Å². The number of sulfonamides is 1. The maximum atomic E-state index is 13.7. The van der Waals surface area contributed by atoms with Gasteiger partial charge in [0, 0.05) is 4.88 Å². The van der Waals surface area contributed by atoms with E-state index in [9.17, 15) is 18.0 Å². The van der Waals surface area contributed by atoms with Crippen LogP contribution in [0.5, 0.6) is 5.75 Å². The number of carbonyl (C=O) groups excluding carboxylic acids is 2. The van der Waals surface area contributed by atoms with Crippen LogP contribution in [0.1, 0.15) is 46.6 Å². The van der Waals surface area contributed by atoms with E-state index in [1.165, 1.54) is 23.5 Å². The fourth-order valence-electron chi connectivity index (χ4n) is 4.24. The van der Waals surface area contributed by atoms with Gasteiger partial charge in [-0.25, -0.2) is 13.2 Å². The molecule has 1 aromatic heterocycles. The summed E-state index contributed by atoms with van der Waals surface area (Å²) in [7, 11) is -4.07. The lowest BCUT2D eigenvalue weighted by Crippen LogP contribution is -2.38. The molecule has 3 aromatic rings. The summed E-state index contributed by atoms with van der Waals surface area (Å²) in [5.41, 5.74) is 2.52. The molecule has 0 radical (unpaired) electrons. The second-order valence-electron chi connectivity index (χ2n) is 8.58. The zero-order valence-corrected chi connectivity index (χ0v) is 22.7. The van der Waals surface area contributed by atoms with Crippen molar-refractivity contribution in [1.82, 2.24) is 0 Å². The number of nitrogens with zero attached hydrogens (tertiary/aromatic N) is 1. The van der Waals surface area contributed by atoms with Crippen LogP contribution in [0.2, 0.25) is 0 Å². The topological polar surface area (TPSA) is 102 Å². The summed E-state index contributed by atoms with van der Waals surface area (Å²) in [5.74, 6) is -0.446. The predicted octanol–water partition coefficient (Wildman–Crippen LogP) is 4.95. The largest absolute Gasteiger partial charge is 0.494 e. The van der Waals surface area contributed by atoms with Gasteiger partial charge < -0.3 is 14.8 Å². The smallest absolute Gasteiger partial charge is 0.341 e. The van der Waals surface area contributed by atoms with Gasteiger partial charge in [-0.15, -0.1) is 11.3 Å². The zero-order valence-electron chi connectivity index (χ0n) is 21.1. The Morgan fingerprint density at radius 2 is 1.70 bits per heavy atom. The Hall–Kier alpha value is -3.37. The van der Waals surface area contributed by atoms with Gasteiger partial charge in [-0.2, -0.15) is 0 Å². The van der Waals surface area contributed by atoms with Gasteiger partial charge in [0.05, 0.1) is 29.4 Å². The fraction of sp³-hybridized carbons (Fsp3) is 0.333. The highest BCUT2D eigenvalue weighted by Gasteiger charge is 2.31.